The monoisotopic (exact) mass is 244 g/mol. The van der Waals surface area contributed by atoms with Crippen molar-refractivity contribution in [1.82, 2.24) is 4.98 Å². The molecule has 2 N–H and O–H groups in total. The predicted octanol–water partition coefficient (Wildman–Crippen LogP) is 3.24. The van der Waals surface area contributed by atoms with Crippen LogP contribution in [0.1, 0.15) is 13.3 Å². The smallest absolute Gasteiger partial charge is 0.221 e. The molecule has 2 aromatic rings. The van der Waals surface area contributed by atoms with Gasteiger partial charge in [-0.2, -0.15) is 4.98 Å². The number of para-hydroxylation sites is 2. The first kappa shape index (κ1) is 12.2. The third-order valence-corrected chi connectivity index (χ3v) is 2.27. The van der Waals surface area contributed by atoms with E-state index in [0.29, 0.717) is 29.8 Å². The van der Waals surface area contributed by atoms with Gasteiger partial charge in [0, 0.05) is 6.07 Å². The van der Waals surface area contributed by atoms with Gasteiger partial charge in [0.25, 0.3) is 0 Å². The molecule has 0 saturated heterocycles. The zero-order valence-electron chi connectivity index (χ0n) is 10.3. The molecule has 0 aliphatic heterocycles. The summed E-state index contributed by atoms with van der Waals surface area (Å²) in [4.78, 5) is 4.09. The summed E-state index contributed by atoms with van der Waals surface area (Å²) in [5.74, 6) is 2.25. The number of nitrogen functional groups attached to an aromatic ring is 1. The molecule has 1 aromatic carbocycles. The summed E-state index contributed by atoms with van der Waals surface area (Å²) in [7, 11) is 0. The number of ether oxygens (including phenoxy) is 2. The molecule has 0 spiro atoms. The van der Waals surface area contributed by atoms with Gasteiger partial charge in [0.05, 0.1) is 6.61 Å². The van der Waals surface area contributed by atoms with E-state index in [-0.39, 0.29) is 0 Å². The molecule has 18 heavy (non-hydrogen) atoms. The zero-order chi connectivity index (χ0) is 12.8. The van der Waals surface area contributed by atoms with Crippen LogP contribution >= 0.6 is 0 Å². The molecular weight excluding hydrogens is 228 g/mol. The minimum Gasteiger partial charge on any atom is -0.490 e. The molecule has 0 fully saturated rings. The van der Waals surface area contributed by atoms with E-state index >= 15 is 0 Å². The number of hydrogen-bond donors (Lipinski definition) is 1. The van der Waals surface area contributed by atoms with E-state index in [1.54, 1.807) is 18.2 Å². The van der Waals surface area contributed by atoms with Crippen molar-refractivity contribution in [2.45, 2.75) is 13.3 Å². The molecule has 4 heteroatoms. The van der Waals surface area contributed by atoms with Gasteiger partial charge in [-0.15, -0.1) is 0 Å². The molecule has 0 amide bonds. The van der Waals surface area contributed by atoms with Crippen LogP contribution in [0.2, 0.25) is 0 Å². The quantitative estimate of drug-likeness (QED) is 0.877. The third kappa shape index (κ3) is 3.13. The standard InChI is InChI=1S/C14H16N2O2/c1-2-10-17-11-6-3-4-7-12(11)18-14-9-5-8-13(15)16-14/h3-9H,2,10H2,1H3,(H2,15,16). The SMILES string of the molecule is CCCOc1ccccc1Oc1cccc(N)n1. The fourth-order valence-corrected chi connectivity index (χ4v) is 1.47. The van der Waals surface area contributed by atoms with E-state index in [4.69, 9.17) is 15.2 Å². The van der Waals surface area contributed by atoms with Crippen molar-refractivity contribution >= 4 is 5.82 Å². The number of anilines is 1. The number of aromatic nitrogens is 1. The number of nitrogens with two attached hydrogens (primary N) is 1. The summed E-state index contributed by atoms with van der Waals surface area (Å²) in [5, 5.41) is 0. The van der Waals surface area contributed by atoms with Gasteiger partial charge in [0.1, 0.15) is 5.82 Å². The summed E-state index contributed by atoms with van der Waals surface area (Å²) in [6, 6.07) is 12.8. The van der Waals surface area contributed by atoms with E-state index in [0.717, 1.165) is 6.42 Å². The normalized spacial score (nSPS) is 10.1. The van der Waals surface area contributed by atoms with Crippen LogP contribution in [-0.2, 0) is 0 Å². The second-order valence-electron chi connectivity index (χ2n) is 3.80. The van der Waals surface area contributed by atoms with Crippen molar-refractivity contribution in [2.75, 3.05) is 12.3 Å². The molecule has 1 heterocycles. The summed E-state index contributed by atoms with van der Waals surface area (Å²) in [5.41, 5.74) is 5.61. The van der Waals surface area contributed by atoms with Gasteiger partial charge in [-0.25, -0.2) is 0 Å². The molecule has 0 saturated carbocycles. The highest BCUT2D eigenvalue weighted by Crippen LogP contribution is 2.30. The Morgan fingerprint density at radius 3 is 2.56 bits per heavy atom. The Balaban J connectivity index is 2.17. The van der Waals surface area contributed by atoms with Crippen LogP contribution in [0.15, 0.2) is 42.5 Å². The molecule has 2 rings (SSSR count). The molecule has 0 bridgehead atoms. The second kappa shape index (κ2) is 5.91. The first-order valence-corrected chi connectivity index (χ1v) is 5.92. The van der Waals surface area contributed by atoms with Gasteiger partial charge >= 0.3 is 0 Å². The average molecular weight is 244 g/mol. The third-order valence-electron chi connectivity index (χ3n) is 2.27. The van der Waals surface area contributed by atoms with Crippen molar-refractivity contribution in [2.24, 2.45) is 0 Å². The summed E-state index contributed by atoms with van der Waals surface area (Å²) < 4.78 is 11.3. The van der Waals surface area contributed by atoms with E-state index in [1.165, 1.54) is 0 Å². The lowest BCUT2D eigenvalue weighted by Gasteiger charge is -2.11. The van der Waals surface area contributed by atoms with Crippen LogP contribution in [0.5, 0.6) is 17.4 Å². The first-order chi connectivity index (χ1) is 8.79. The van der Waals surface area contributed by atoms with Crippen LogP contribution in [-0.4, -0.2) is 11.6 Å². The van der Waals surface area contributed by atoms with Gasteiger partial charge in [0.2, 0.25) is 5.88 Å². The van der Waals surface area contributed by atoms with Crippen LogP contribution in [0.4, 0.5) is 5.82 Å². The Kier molecular flexibility index (Phi) is 4.02. The molecule has 94 valence electrons. The van der Waals surface area contributed by atoms with Gasteiger partial charge in [-0.1, -0.05) is 25.1 Å². The van der Waals surface area contributed by atoms with E-state index in [9.17, 15) is 0 Å². The molecule has 4 nitrogen and oxygen atoms in total. The minimum atomic E-state index is 0.430. The lowest BCUT2D eigenvalue weighted by molar-refractivity contribution is 0.301. The molecule has 0 atom stereocenters. The first-order valence-electron chi connectivity index (χ1n) is 5.92. The fraction of sp³-hybridized carbons (Fsp3) is 0.214. The van der Waals surface area contributed by atoms with E-state index in [1.807, 2.05) is 24.3 Å². The molecule has 0 unspecified atom stereocenters. The summed E-state index contributed by atoms with van der Waals surface area (Å²) in [6.07, 6.45) is 0.949. The van der Waals surface area contributed by atoms with Crippen LogP contribution < -0.4 is 15.2 Å². The number of pyridine rings is 1. The minimum absolute atomic E-state index is 0.430. The largest absolute Gasteiger partial charge is 0.490 e. The highest BCUT2D eigenvalue weighted by molar-refractivity contribution is 5.42. The highest BCUT2D eigenvalue weighted by atomic mass is 16.5. The maximum atomic E-state index is 5.67. The van der Waals surface area contributed by atoms with E-state index in [2.05, 4.69) is 11.9 Å². The molecule has 0 radical (unpaired) electrons. The van der Waals surface area contributed by atoms with Gasteiger partial charge < -0.3 is 15.2 Å². The lowest BCUT2D eigenvalue weighted by atomic mass is 10.3. The maximum absolute atomic E-state index is 5.67. The van der Waals surface area contributed by atoms with Crippen molar-refractivity contribution in [3.05, 3.63) is 42.5 Å². The maximum Gasteiger partial charge on any atom is 0.221 e. The van der Waals surface area contributed by atoms with Crippen LogP contribution in [0.25, 0.3) is 0 Å². The Bertz CT molecular complexity index is 515. The van der Waals surface area contributed by atoms with Gasteiger partial charge in [-0.05, 0) is 24.6 Å². The molecule has 0 aliphatic carbocycles. The Hall–Kier alpha value is -2.23. The number of hydrogen-bond acceptors (Lipinski definition) is 4. The Morgan fingerprint density at radius 2 is 1.83 bits per heavy atom. The predicted molar refractivity (Wildman–Crippen MR) is 71.0 cm³/mol. The summed E-state index contributed by atoms with van der Waals surface area (Å²) >= 11 is 0. The second-order valence-corrected chi connectivity index (χ2v) is 3.80. The molecule has 1 aromatic heterocycles. The lowest BCUT2D eigenvalue weighted by Crippen LogP contribution is -1.98. The number of nitrogens with zero attached hydrogens (tertiary/aromatic N) is 1. The Morgan fingerprint density at radius 1 is 1.06 bits per heavy atom. The number of rotatable bonds is 5. The fourth-order valence-electron chi connectivity index (χ4n) is 1.47. The topological polar surface area (TPSA) is 57.4 Å². The molecular formula is C14H16N2O2. The zero-order valence-corrected chi connectivity index (χ0v) is 10.3. The van der Waals surface area contributed by atoms with Crippen molar-refractivity contribution in [3.8, 4) is 17.4 Å². The van der Waals surface area contributed by atoms with Gasteiger partial charge in [-0.3, -0.25) is 0 Å². The van der Waals surface area contributed by atoms with Crippen LogP contribution in [0.3, 0.4) is 0 Å². The van der Waals surface area contributed by atoms with Crippen molar-refractivity contribution < 1.29 is 9.47 Å². The molecule has 0 aliphatic rings. The van der Waals surface area contributed by atoms with Crippen LogP contribution in [0, 0.1) is 0 Å². The van der Waals surface area contributed by atoms with Gasteiger partial charge in [0.15, 0.2) is 11.5 Å². The average Bonchev–Trinajstić information content (AvgIpc) is 2.38. The highest BCUT2D eigenvalue weighted by Gasteiger charge is 2.06. The van der Waals surface area contributed by atoms with Crippen molar-refractivity contribution in [1.29, 1.82) is 0 Å². The van der Waals surface area contributed by atoms with Crippen molar-refractivity contribution in [3.63, 3.8) is 0 Å². The number of benzene rings is 1. The van der Waals surface area contributed by atoms with E-state index < -0.39 is 0 Å². The summed E-state index contributed by atoms with van der Waals surface area (Å²) in [6.45, 7) is 2.72. The Labute approximate surface area is 106 Å².